The number of hydrogen-bond donors (Lipinski definition) is 1. The number of anilines is 2. The summed E-state index contributed by atoms with van der Waals surface area (Å²) in [7, 11) is 0. The Hall–Kier alpha value is -2.53. The second-order valence-corrected chi connectivity index (χ2v) is 6.27. The van der Waals surface area contributed by atoms with Gasteiger partial charge in [0.15, 0.2) is 0 Å². The summed E-state index contributed by atoms with van der Waals surface area (Å²) in [5, 5.41) is 3.22. The maximum absolute atomic E-state index is 12.6. The molecule has 138 valence electrons. The number of benzene rings is 2. The molecule has 5 heteroatoms. The van der Waals surface area contributed by atoms with Crippen molar-refractivity contribution in [1.82, 2.24) is 0 Å². The number of rotatable bonds is 8. The van der Waals surface area contributed by atoms with E-state index in [-0.39, 0.29) is 18.6 Å². The Morgan fingerprint density at radius 3 is 2.69 bits per heavy atom. The van der Waals surface area contributed by atoms with Crippen LogP contribution in [0.1, 0.15) is 19.8 Å². The Balaban J connectivity index is 1.59. The van der Waals surface area contributed by atoms with Crippen molar-refractivity contribution in [3.63, 3.8) is 0 Å². The zero-order valence-electron chi connectivity index (χ0n) is 15.2. The number of carbonyl (C=O) groups is 1. The summed E-state index contributed by atoms with van der Waals surface area (Å²) in [4.78, 5) is 14.4. The van der Waals surface area contributed by atoms with Crippen LogP contribution in [0.4, 0.5) is 11.4 Å². The first-order valence-corrected chi connectivity index (χ1v) is 9.20. The molecule has 2 aromatic carbocycles. The van der Waals surface area contributed by atoms with E-state index >= 15 is 0 Å². The monoisotopic (exact) mass is 354 g/mol. The zero-order valence-corrected chi connectivity index (χ0v) is 15.2. The molecular formula is C21H26N2O3. The van der Waals surface area contributed by atoms with Crippen LogP contribution in [-0.2, 0) is 9.53 Å². The molecule has 1 unspecified atom stereocenters. The largest absolute Gasteiger partial charge is 0.489 e. The minimum absolute atomic E-state index is 0.0210. The Morgan fingerprint density at radius 2 is 1.96 bits per heavy atom. The van der Waals surface area contributed by atoms with Gasteiger partial charge in [0.2, 0.25) is 5.91 Å². The molecule has 1 fully saturated rings. The number of para-hydroxylation sites is 3. The predicted molar refractivity (Wildman–Crippen MR) is 104 cm³/mol. The average Bonchev–Trinajstić information content (AvgIpc) is 3.20. The van der Waals surface area contributed by atoms with Crippen LogP contribution in [0, 0.1) is 0 Å². The van der Waals surface area contributed by atoms with Gasteiger partial charge in [-0.15, -0.1) is 0 Å². The second kappa shape index (κ2) is 9.25. The lowest BCUT2D eigenvalue weighted by Crippen LogP contribution is -2.35. The lowest BCUT2D eigenvalue weighted by atomic mass is 10.2. The van der Waals surface area contributed by atoms with Crippen LogP contribution >= 0.6 is 0 Å². The van der Waals surface area contributed by atoms with Crippen LogP contribution < -0.4 is 15.0 Å². The fourth-order valence-corrected chi connectivity index (χ4v) is 3.07. The van der Waals surface area contributed by atoms with Gasteiger partial charge in [-0.05, 0) is 44.0 Å². The van der Waals surface area contributed by atoms with Crippen molar-refractivity contribution in [3.8, 4) is 5.75 Å². The van der Waals surface area contributed by atoms with Crippen LogP contribution in [0.5, 0.6) is 5.75 Å². The molecular weight excluding hydrogens is 328 g/mol. The van der Waals surface area contributed by atoms with E-state index in [0.29, 0.717) is 13.2 Å². The third-order valence-electron chi connectivity index (χ3n) is 4.45. The zero-order chi connectivity index (χ0) is 18.2. The number of nitrogens with zero attached hydrogens (tertiary/aromatic N) is 1. The number of ether oxygens (including phenoxy) is 2. The van der Waals surface area contributed by atoms with Gasteiger partial charge in [0.05, 0.1) is 18.3 Å². The van der Waals surface area contributed by atoms with Crippen LogP contribution in [0.2, 0.25) is 0 Å². The smallest absolute Gasteiger partial charge is 0.246 e. The number of hydrogen-bond acceptors (Lipinski definition) is 4. The number of carbonyl (C=O) groups excluding carboxylic acids is 1. The lowest BCUT2D eigenvalue weighted by molar-refractivity contribution is -0.116. The maximum atomic E-state index is 12.6. The molecule has 5 nitrogen and oxygen atoms in total. The highest BCUT2D eigenvalue weighted by Crippen LogP contribution is 2.25. The van der Waals surface area contributed by atoms with E-state index in [1.165, 1.54) is 0 Å². The first kappa shape index (κ1) is 18.3. The lowest BCUT2D eigenvalue weighted by Gasteiger charge is -2.22. The van der Waals surface area contributed by atoms with Crippen molar-refractivity contribution >= 4 is 17.3 Å². The van der Waals surface area contributed by atoms with Crippen LogP contribution in [0.15, 0.2) is 54.6 Å². The first-order valence-electron chi connectivity index (χ1n) is 9.20. The number of likely N-dealkylation sites (N-methyl/N-ethyl adjacent to an activating group) is 1. The molecule has 1 aliphatic heterocycles. The normalized spacial score (nSPS) is 16.3. The molecule has 1 aliphatic rings. The molecule has 0 aliphatic carbocycles. The molecule has 1 saturated heterocycles. The summed E-state index contributed by atoms with van der Waals surface area (Å²) in [6, 6.07) is 17.4. The van der Waals surface area contributed by atoms with E-state index in [1.807, 2.05) is 61.5 Å². The fourth-order valence-electron chi connectivity index (χ4n) is 3.07. The third-order valence-corrected chi connectivity index (χ3v) is 4.45. The highest BCUT2D eigenvalue weighted by Gasteiger charge is 2.17. The summed E-state index contributed by atoms with van der Waals surface area (Å²) in [5.74, 6) is 0.770. The third kappa shape index (κ3) is 4.76. The second-order valence-electron chi connectivity index (χ2n) is 6.27. The average molecular weight is 354 g/mol. The minimum Gasteiger partial charge on any atom is -0.489 e. The van der Waals surface area contributed by atoms with E-state index in [1.54, 1.807) is 4.90 Å². The molecule has 26 heavy (non-hydrogen) atoms. The van der Waals surface area contributed by atoms with Gasteiger partial charge in [-0.2, -0.15) is 0 Å². The Kier molecular flexibility index (Phi) is 6.50. The molecule has 1 N–H and O–H groups in total. The quantitative estimate of drug-likeness (QED) is 0.785. The summed E-state index contributed by atoms with van der Waals surface area (Å²) in [5.41, 5.74) is 1.73. The molecule has 1 atom stereocenters. The van der Waals surface area contributed by atoms with Gasteiger partial charge in [-0.25, -0.2) is 0 Å². The molecule has 2 aromatic rings. The summed E-state index contributed by atoms with van der Waals surface area (Å²) < 4.78 is 11.5. The van der Waals surface area contributed by atoms with Gasteiger partial charge in [0.25, 0.3) is 0 Å². The molecule has 1 heterocycles. The standard InChI is InChI=1S/C21H26N2O3/c1-2-23(17-9-4-3-5-10-17)21(24)15-22-19-12-6-7-13-20(19)26-16-18-11-8-14-25-18/h3-7,9-10,12-13,18,22H,2,8,11,14-16H2,1H3. The van der Waals surface area contributed by atoms with Crippen molar-refractivity contribution in [2.75, 3.05) is 36.5 Å². The van der Waals surface area contributed by atoms with Crippen molar-refractivity contribution in [1.29, 1.82) is 0 Å². The summed E-state index contributed by atoms with van der Waals surface area (Å²) in [6.45, 7) is 4.17. The van der Waals surface area contributed by atoms with Gasteiger partial charge in [0.1, 0.15) is 12.4 Å². The van der Waals surface area contributed by atoms with E-state index in [0.717, 1.165) is 36.6 Å². The molecule has 1 amide bonds. The van der Waals surface area contributed by atoms with Crippen molar-refractivity contribution < 1.29 is 14.3 Å². The Morgan fingerprint density at radius 1 is 1.19 bits per heavy atom. The number of amides is 1. The number of nitrogens with one attached hydrogen (secondary N) is 1. The van der Waals surface area contributed by atoms with E-state index in [4.69, 9.17) is 9.47 Å². The predicted octanol–water partition coefficient (Wildman–Crippen LogP) is 3.71. The molecule has 0 spiro atoms. The highest BCUT2D eigenvalue weighted by atomic mass is 16.5. The molecule has 0 aromatic heterocycles. The minimum atomic E-state index is 0.0210. The van der Waals surface area contributed by atoms with Crippen molar-refractivity contribution in [2.45, 2.75) is 25.9 Å². The molecule has 0 bridgehead atoms. The van der Waals surface area contributed by atoms with E-state index in [9.17, 15) is 4.79 Å². The van der Waals surface area contributed by atoms with Crippen LogP contribution in [0.3, 0.4) is 0 Å². The van der Waals surface area contributed by atoms with Crippen molar-refractivity contribution in [3.05, 3.63) is 54.6 Å². The van der Waals surface area contributed by atoms with Gasteiger partial charge in [-0.1, -0.05) is 30.3 Å². The Bertz CT molecular complexity index is 699. The molecule has 0 radical (unpaired) electrons. The first-order chi connectivity index (χ1) is 12.8. The van der Waals surface area contributed by atoms with Gasteiger partial charge < -0.3 is 19.7 Å². The summed E-state index contributed by atoms with van der Waals surface area (Å²) in [6.07, 6.45) is 2.30. The highest BCUT2D eigenvalue weighted by molar-refractivity contribution is 5.96. The topological polar surface area (TPSA) is 50.8 Å². The molecule has 0 saturated carbocycles. The van der Waals surface area contributed by atoms with Crippen LogP contribution in [0.25, 0.3) is 0 Å². The van der Waals surface area contributed by atoms with E-state index < -0.39 is 0 Å². The summed E-state index contributed by atoms with van der Waals surface area (Å²) >= 11 is 0. The fraction of sp³-hybridized carbons (Fsp3) is 0.381. The van der Waals surface area contributed by atoms with Gasteiger partial charge in [-0.3, -0.25) is 4.79 Å². The Labute approximate surface area is 154 Å². The van der Waals surface area contributed by atoms with E-state index in [2.05, 4.69) is 5.32 Å². The van der Waals surface area contributed by atoms with Gasteiger partial charge in [0, 0.05) is 18.8 Å². The molecule has 3 rings (SSSR count). The maximum Gasteiger partial charge on any atom is 0.246 e. The van der Waals surface area contributed by atoms with Gasteiger partial charge >= 0.3 is 0 Å². The van der Waals surface area contributed by atoms with Crippen molar-refractivity contribution in [2.24, 2.45) is 0 Å². The SMILES string of the molecule is CCN(C(=O)CNc1ccccc1OCC1CCCO1)c1ccccc1. The van der Waals surface area contributed by atoms with Crippen LogP contribution in [-0.4, -0.2) is 38.3 Å².